The highest BCUT2D eigenvalue weighted by molar-refractivity contribution is 6.41. The molecular formula is C4H4B2O. The molecule has 0 saturated heterocycles. The zero-order valence-electron chi connectivity index (χ0n) is 4.10. The molecule has 0 heterocycles. The van der Waals surface area contributed by atoms with E-state index in [1.165, 1.54) is 0 Å². The molecule has 0 aromatic rings. The summed E-state index contributed by atoms with van der Waals surface area (Å²) in [5.74, 6) is 4.50. The van der Waals surface area contributed by atoms with Crippen LogP contribution in [0, 0.1) is 11.8 Å². The Bertz CT molecular complexity index is 103. The van der Waals surface area contributed by atoms with Crippen LogP contribution in [0.2, 0.25) is 0 Å². The van der Waals surface area contributed by atoms with Crippen LogP contribution in [-0.4, -0.2) is 26.2 Å². The molecule has 0 rings (SSSR count). The van der Waals surface area contributed by atoms with Crippen molar-refractivity contribution in [2.24, 2.45) is 0 Å². The Balaban J connectivity index is 3.72. The first-order chi connectivity index (χ1) is 3.06. The SMILES string of the molecule is [B]C([B])(O)C#CC. The number of aliphatic hydroxyl groups is 1. The second kappa shape index (κ2) is 2.09. The molecule has 0 aromatic carbocycles. The largest absolute Gasteiger partial charge is 0.397 e. The number of hydrogen-bond acceptors (Lipinski definition) is 1. The second-order valence-corrected chi connectivity index (χ2v) is 1.20. The van der Waals surface area contributed by atoms with E-state index in [9.17, 15) is 0 Å². The van der Waals surface area contributed by atoms with Gasteiger partial charge in [-0.25, -0.2) is 0 Å². The summed E-state index contributed by atoms with van der Waals surface area (Å²) in [6, 6.07) is 0. The van der Waals surface area contributed by atoms with Gasteiger partial charge in [-0.2, -0.15) is 0 Å². The van der Waals surface area contributed by atoms with Gasteiger partial charge < -0.3 is 5.11 Å². The Morgan fingerprint density at radius 1 is 1.57 bits per heavy atom. The molecule has 0 saturated carbocycles. The third-order valence-electron chi connectivity index (χ3n) is 0.325. The first kappa shape index (κ1) is 6.65. The third-order valence-corrected chi connectivity index (χ3v) is 0.325. The molecule has 1 N–H and O–H groups in total. The summed E-state index contributed by atoms with van der Waals surface area (Å²) in [4.78, 5) is 0. The van der Waals surface area contributed by atoms with Crippen molar-refractivity contribution in [2.45, 2.75) is 12.3 Å². The molecule has 7 heavy (non-hydrogen) atoms. The van der Waals surface area contributed by atoms with Crippen LogP contribution in [0.5, 0.6) is 0 Å². The van der Waals surface area contributed by atoms with Gasteiger partial charge in [0.25, 0.3) is 0 Å². The smallest absolute Gasteiger partial charge is 0.117 e. The van der Waals surface area contributed by atoms with Crippen molar-refractivity contribution < 1.29 is 5.11 Å². The van der Waals surface area contributed by atoms with E-state index in [0.29, 0.717) is 0 Å². The molecule has 0 amide bonds. The normalized spacial score (nSPS) is 9.43. The van der Waals surface area contributed by atoms with Gasteiger partial charge in [0.2, 0.25) is 0 Å². The highest BCUT2D eigenvalue weighted by Crippen LogP contribution is 1.82. The molecule has 0 bridgehead atoms. The lowest BCUT2D eigenvalue weighted by Crippen LogP contribution is -2.26. The van der Waals surface area contributed by atoms with Gasteiger partial charge in [0, 0.05) is 5.40 Å². The summed E-state index contributed by atoms with van der Waals surface area (Å²) in [6.45, 7) is 1.55. The summed E-state index contributed by atoms with van der Waals surface area (Å²) in [7, 11) is 9.61. The lowest BCUT2D eigenvalue weighted by molar-refractivity contribution is 0.272. The maximum atomic E-state index is 8.40. The molecular weight excluding hydrogens is 85.7 g/mol. The van der Waals surface area contributed by atoms with Crippen LogP contribution < -0.4 is 0 Å². The Morgan fingerprint density at radius 3 is 2.00 bits per heavy atom. The fourth-order valence-electron chi connectivity index (χ4n) is 0.200. The molecule has 1 nitrogen and oxygen atoms in total. The van der Waals surface area contributed by atoms with Gasteiger partial charge >= 0.3 is 0 Å². The topological polar surface area (TPSA) is 20.2 Å². The summed E-state index contributed by atoms with van der Waals surface area (Å²) in [5.41, 5.74) is 0. The van der Waals surface area contributed by atoms with Crippen LogP contribution in [0.1, 0.15) is 6.92 Å². The van der Waals surface area contributed by atoms with E-state index >= 15 is 0 Å². The average molecular weight is 89.7 g/mol. The van der Waals surface area contributed by atoms with Crippen molar-refractivity contribution in [1.82, 2.24) is 0 Å². The summed E-state index contributed by atoms with van der Waals surface area (Å²) in [5, 5.41) is 6.59. The Hall–Kier alpha value is -0.350. The van der Waals surface area contributed by atoms with Gasteiger partial charge in [-0.1, -0.05) is 5.92 Å². The minimum Gasteiger partial charge on any atom is -0.397 e. The maximum Gasteiger partial charge on any atom is 0.117 e. The molecule has 0 spiro atoms. The molecule has 0 fully saturated rings. The van der Waals surface area contributed by atoms with Crippen molar-refractivity contribution in [2.75, 3.05) is 0 Å². The van der Waals surface area contributed by atoms with E-state index in [2.05, 4.69) is 11.8 Å². The highest BCUT2D eigenvalue weighted by atomic mass is 16.3. The molecule has 0 aliphatic carbocycles. The summed E-state index contributed by atoms with van der Waals surface area (Å²) < 4.78 is 0. The number of rotatable bonds is 0. The maximum absolute atomic E-state index is 8.40. The predicted octanol–water partition coefficient (Wildman–Crippen LogP) is -1.01. The fraction of sp³-hybridized carbons (Fsp3) is 0.500. The van der Waals surface area contributed by atoms with Crippen molar-refractivity contribution >= 4 is 15.7 Å². The standard InChI is InChI=1S/C4H4B2O/c1-2-3-4(5,6)7/h7H,1H3. The van der Waals surface area contributed by atoms with Gasteiger partial charge in [-0.05, 0) is 6.92 Å². The van der Waals surface area contributed by atoms with E-state index in [1.54, 1.807) is 6.92 Å². The lowest BCUT2D eigenvalue weighted by Gasteiger charge is -2.05. The number of hydrogen-bond donors (Lipinski definition) is 1. The Labute approximate surface area is 45.9 Å². The molecule has 0 aliphatic heterocycles. The zero-order valence-corrected chi connectivity index (χ0v) is 4.10. The lowest BCUT2D eigenvalue weighted by atomic mass is 9.66. The van der Waals surface area contributed by atoms with Crippen LogP contribution in [-0.2, 0) is 0 Å². The van der Waals surface area contributed by atoms with Gasteiger partial charge in [0.05, 0.1) is 0 Å². The van der Waals surface area contributed by atoms with Crippen LogP contribution in [0.15, 0.2) is 0 Å². The molecule has 32 valence electrons. The van der Waals surface area contributed by atoms with Crippen molar-refractivity contribution in [1.29, 1.82) is 0 Å². The summed E-state index contributed by atoms with van der Waals surface area (Å²) in [6.07, 6.45) is 0. The van der Waals surface area contributed by atoms with Crippen molar-refractivity contribution in [3.05, 3.63) is 0 Å². The molecule has 0 aromatic heterocycles. The average Bonchev–Trinajstić information content (AvgIpc) is 1.30. The van der Waals surface area contributed by atoms with E-state index in [0.717, 1.165) is 0 Å². The van der Waals surface area contributed by atoms with E-state index in [-0.39, 0.29) is 0 Å². The van der Waals surface area contributed by atoms with Crippen molar-refractivity contribution in [3.8, 4) is 11.8 Å². The molecule has 0 aliphatic rings. The third kappa shape index (κ3) is 5.65. The monoisotopic (exact) mass is 90.0 g/mol. The highest BCUT2D eigenvalue weighted by Gasteiger charge is 2.03. The Morgan fingerprint density at radius 2 is 2.00 bits per heavy atom. The summed E-state index contributed by atoms with van der Waals surface area (Å²) >= 11 is 0. The molecule has 0 unspecified atom stereocenters. The van der Waals surface area contributed by atoms with Gasteiger partial charge in [-0.15, -0.1) is 5.92 Å². The fourth-order valence-corrected chi connectivity index (χ4v) is 0.200. The molecule has 4 radical (unpaired) electrons. The second-order valence-electron chi connectivity index (χ2n) is 1.20. The van der Waals surface area contributed by atoms with Crippen molar-refractivity contribution in [3.63, 3.8) is 0 Å². The van der Waals surface area contributed by atoms with Crippen LogP contribution in [0.3, 0.4) is 0 Å². The zero-order chi connectivity index (χ0) is 5.91. The van der Waals surface area contributed by atoms with E-state index in [1.807, 2.05) is 0 Å². The van der Waals surface area contributed by atoms with Crippen LogP contribution >= 0.6 is 0 Å². The van der Waals surface area contributed by atoms with Crippen LogP contribution in [0.4, 0.5) is 0 Å². The quantitative estimate of drug-likeness (QED) is 0.298. The first-order valence-electron chi connectivity index (χ1n) is 1.80. The first-order valence-corrected chi connectivity index (χ1v) is 1.80. The molecule has 0 atom stereocenters. The predicted molar refractivity (Wildman–Crippen MR) is 29.9 cm³/mol. The minimum atomic E-state index is -1.81. The van der Waals surface area contributed by atoms with Gasteiger partial charge in [0.15, 0.2) is 0 Å². The van der Waals surface area contributed by atoms with E-state index in [4.69, 9.17) is 20.8 Å². The minimum absolute atomic E-state index is 1.55. The van der Waals surface area contributed by atoms with E-state index < -0.39 is 5.40 Å². The molecule has 3 heteroatoms. The van der Waals surface area contributed by atoms with Gasteiger partial charge in [-0.3, -0.25) is 0 Å². The van der Waals surface area contributed by atoms with Crippen LogP contribution in [0.25, 0.3) is 0 Å². The van der Waals surface area contributed by atoms with Gasteiger partial charge in [0.1, 0.15) is 15.7 Å². The Kier molecular flexibility index (Phi) is 1.98.